The summed E-state index contributed by atoms with van der Waals surface area (Å²) in [7, 11) is -3.09. The molecule has 7 nitrogen and oxygen atoms in total. The Morgan fingerprint density at radius 3 is 2.61 bits per heavy atom. The van der Waals surface area contributed by atoms with Gasteiger partial charge in [0.25, 0.3) is 0 Å². The highest BCUT2D eigenvalue weighted by Crippen LogP contribution is 2.28. The van der Waals surface area contributed by atoms with E-state index in [1.165, 1.54) is 12.8 Å². The van der Waals surface area contributed by atoms with Gasteiger partial charge in [0.2, 0.25) is 10.0 Å². The van der Waals surface area contributed by atoms with Gasteiger partial charge in [-0.2, -0.15) is 0 Å². The maximum absolute atomic E-state index is 11.3. The third kappa shape index (κ3) is 11.3. The van der Waals surface area contributed by atoms with Gasteiger partial charge in [-0.05, 0) is 45.4 Å². The van der Waals surface area contributed by atoms with E-state index < -0.39 is 10.0 Å². The van der Waals surface area contributed by atoms with Gasteiger partial charge in [0.15, 0.2) is 5.96 Å². The van der Waals surface area contributed by atoms with Crippen LogP contribution in [0.3, 0.4) is 0 Å². The normalized spacial score (nSPS) is 15.7. The van der Waals surface area contributed by atoms with E-state index in [9.17, 15) is 8.42 Å². The van der Waals surface area contributed by atoms with Crippen LogP contribution in [-0.2, 0) is 14.8 Å². The van der Waals surface area contributed by atoms with Gasteiger partial charge in [-0.1, -0.05) is 0 Å². The van der Waals surface area contributed by atoms with Gasteiger partial charge in [0.05, 0.1) is 5.75 Å². The molecular formula is C15H32N4O3S. The summed E-state index contributed by atoms with van der Waals surface area (Å²) >= 11 is 0. The minimum atomic E-state index is -3.09. The number of aliphatic imine (C=N–C) groups is 1. The first-order valence-electron chi connectivity index (χ1n) is 8.64. The van der Waals surface area contributed by atoms with Gasteiger partial charge < -0.3 is 15.4 Å². The SMILES string of the molecule is CCNC(=NCCCOCC1CC1)NCCCNS(=O)(=O)CC. The number of sulfonamides is 1. The lowest BCUT2D eigenvalue weighted by molar-refractivity contribution is 0.123. The van der Waals surface area contributed by atoms with Crippen molar-refractivity contribution in [1.82, 2.24) is 15.4 Å². The Hall–Kier alpha value is -0.860. The summed E-state index contributed by atoms with van der Waals surface area (Å²) in [6.07, 6.45) is 4.27. The van der Waals surface area contributed by atoms with E-state index in [-0.39, 0.29) is 5.75 Å². The third-order valence-electron chi connectivity index (χ3n) is 3.46. The van der Waals surface area contributed by atoms with Crippen molar-refractivity contribution in [2.45, 2.75) is 39.5 Å². The van der Waals surface area contributed by atoms with Crippen LogP contribution < -0.4 is 15.4 Å². The van der Waals surface area contributed by atoms with Crippen LogP contribution in [0.25, 0.3) is 0 Å². The molecule has 0 bridgehead atoms. The number of hydrogen-bond donors (Lipinski definition) is 3. The van der Waals surface area contributed by atoms with Crippen molar-refractivity contribution in [3.8, 4) is 0 Å². The highest BCUT2D eigenvalue weighted by atomic mass is 32.2. The molecule has 0 aliphatic heterocycles. The van der Waals surface area contributed by atoms with E-state index in [0.29, 0.717) is 19.5 Å². The summed E-state index contributed by atoms with van der Waals surface area (Å²) in [5, 5.41) is 6.39. The molecule has 0 amide bonds. The van der Waals surface area contributed by atoms with Crippen molar-refractivity contribution in [1.29, 1.82) is 0 Å². The van der Waals surface area contributed by atoms with E-state index >= 15 is 0 Å². The number of nitrogens with zero attached hydrogens (tertiary/aromatic N) is 1. The number of ether oxygens (including phenoxy) is 1. The maximum atomic E-state index is 11.3. The Balaban J connectivity index is 2.08. The first-order valence-corrected chi connectivity index (χ1v) is 10.3. The molecule has 136 valence electrons. The molecule has 8 heteroatoms. The molecule has 0 aromatic carbocycles. The van der Waals surface area contributed by atoms with Crippen LogP contribution in [0.1, 0.15) is 39.5 Å². The predicted octanol–water partition coefficient (Wildman–Crippen LogP) is 0.688. The zero-order valence-corrected chi connectivity index (χ0v) is 15.3. The summed E-state index contributed by atoms with van der Waals surface area (Å²) in [5.74, 6) is 1.70. The second-order valence-electron chi connectivity index (χ2n) is 5.71. The van der Waals surface area contributed by atoms with Crippen LogP contribution in [0.5, 0.6) is 0 Å². The first-order chi connectivity index (χ1) is 11.1. The lowest BCUT2D eigenvalue weighted by Gasteiger charge is -2.11. The molecule has 1 rings (SSSR count). The van der Waals surface area contributed by atoms with Crippen molar-refractivity contribution < 1.29 is 13.2 Å². The average molecular weight is 349 g/mol. The van der Waals surface area contributed by atoms with Crippen LogP contribution in [0.4, 0.5) is 0 Å². The molecule has 0 atom stereocenters. The molecule has 0 spiro atoms. The summed E-state index contributed by atoms with van der Waals surface area (Å²) in [4.78, 5) is 4.48. The quantitative estimate of drug-likeness (QED) is 0.259. The Morgan fingerprint density at radius 1 is 1.17 bits per heavy atom. The van der Waals surface area contributed by atoms with Crippen LogP contribution in [0, 0.1) is 5.92 Å². The molecule has 1 saturated carbocycles. The van der Waals surface area contributed by atoms with Gasteiger partial charge in [-0.25, -0.2) is 13.1 Å². The molecule has 0 aromatic rings. The number of guanidine groups is 1. The fourth-order valence-corrected chi connectivity index (χ4v) is 2.52. The second kappa shape index (κ2) is 11.6. The second-order valence-corrected chi connectivity index (χ2v) is 7.81. The lowest BCUT2D eigenvalue weighted by atomic mass is 10.4. The molecule has 0 unspecified atom stereocenters. The van der Waals surface area contributed by atoms with E-state index in [1.807, 2.05) is 6.92 Å². The van der Waals surface area contributed by atoms with E-state index in [0.717, 1.165) is 44.6 Å². The van der Waals surface area contributed by atoms with Gasteiger partial charge >= 0.3 is 0 Å². The minimum Gasteiger partial charge on any atom is -0.381 e. The van der Waals surface area contributed by atoms with E-state index in [1.54, 1.807) is 6.92 Å². The fraction of sp³-hybridized carbons (Fsp3) is 0.933. The Kier molecular flexibility index (Phi) is 10.2. The third-order valence-corrected chi connectivity index (χ3v) is 4.86. The Morgan fingerprint density at radius 2 is 1.96 bits per heavy atom. The summed E-state index contributed by atoms with van der Waals surface area (Å²) < 4.78 is 30.7. The summed E-state index contributed by atoms with van der Waals surface area (Å²) in [6, 6.07) is 0. The Labute approximate surface area is 140 Å². The molecule has 3 N–H and O–H groups in total. The Bertz CT molecular complexity index is 436. The molecule has 1 aliphatic carbocycles. The van der Waals surface area contributed by atoms with Crippen LogP contribution in [-0.4, -0.2) is 59.5 Å². The number of hydrogen-bond acceptors (Lipinski definition) is 4. The smallest absolute Gasteiger partial charge is 0.211 e. The monoisotopic (exact) mass is 348 g/mol. The summed E-state index contributed by atoms with van der Waals surface area (Å²) in [6.45, 7) is 7.95. The maximum Gasteiger partial charge on any atom is 0.211 e. The van der Waals surface area contributed by atoms with E-state index in [2.05, 4.69) is 20.3 Å². The van der Waals surface area contributed by atoms with Crippen LogP contribution in [0.15, 0.2) is 4.99 Å². The average Bonchev–Trinajstić information content (AvgIpc) is 3.34. The van der Waals surface area contributed by atoms with Crippen molar-refractivity contribution >= 4 is 16.0 Å². The molecular weight excluding hydrogens is 316 g/mol. The number of nitrogens with one attached hydrogen (secondary N) is 3. The molecule has 1 fully saturated rings. The highest BCUT2D eigenvalue weighted by Gasteiger charge is 2.20. The fourth-order valence-electron chi connectivity index (χ4n) is 1.86. The van der Waals surface area contributed by atoms with Crippen molar-refractivity contribution in [3.63, 3.8) is 0 Å². The number of rotatable bonds is 13. The first kappa shape index (κ1) is 20.2. The minimum absolute atomic E-state index is 0.118. The van der Waals surface area contributed by atoms with Gasteiger partial charge in [0, 0.05) is 39.4 Å². The van der Waals surface area contributed by atoms with Crippen molar-refractivity contribution in [2.75, 3.05) is 45.1 Å². The standard InChI is InChI=1S/C15H32N4O3S/c1-3-16-15(17-9-5-11-19-23(20,21)4-2)18-10-6-12-22-13-14-7-8-14/h14,19H,3-13H2,1-2H3,(H2,16,17,18). The van der Waals surface area contributed by atoms with Crippen LogP contribution >= 0.6 is 0 Å². The van der Waals surface area contributed by atoms with Crippen molar-refractivity contribution in [2.24, 2.45) is 10.9 Å². The van der Waals surface area contributed by atoms with Crippen molar-refractivity contribution in [3.05, 3.63) is 0 Å². The topological polar surface area (TPSA) is 91.8 Å². The molecule has 0 heterocycles. The van der Waals surface area contributed by atoms with Gasteiger partial charge in [0.1, 0.15) is 0 Å². The molecule has 23 heavy (non-hydrogen) atoms. The molecule has 1 aliphatic rings. The largest absolute Gasteiger partial charge is 0.381 e. The highest BCUT2D eigenvalue weighted by molar-refractivity contribution is 7.89. The zero-order chi connectivity index (χ0) is 17.0. The lowest BCUT2D eigenvalue weighted by Crippen LogP contribution is -2.39. The predicted molar refractivity (Wildman–Crippen MR) is 94.2 cm³/mol. The summed E-state index contributed by atoms with van der Waals surface area (Å²) in [5.41, 5.74) is 0. The van der Waals surface area contributed by atoms with Crippen LogP contribution in [0.2, 0.25) is 0 Å². The van der Waals surface area contributed by atoms with E-state index in [4.69, 9.17) is 4.74 Å². The zero-order valence-electron chi connectivity index (χ0n) is 14.4. The molecule has 0 aromatic heterocycles. The van der Waals surface area contributed by atoms with Gasteiger partial charge in [-0.3, -0.25) is 4.99 Å². The molecule has 0 radical (unpaired) electrons. The molecule has 0 saturated heterocycles. The van der Waals surface area contributed by atoms with Gasteiger partial charge in [-0.15, -0.1) is 0 Å².